The van der Waals surface area contributed by atoms with E-state index in [4.69, 9.17) is 5.11 Å². The van der Waals surface area contributed by atoms with Crippen LogP contribution in [0.1, 0.15) is 11.1 Å². The molecular weight excluding hydrogens is 254 g/mol. The van der Waals surface area contributed by atoms with Crippen LogP contribution < -0.4 is 4.74 Å². The van der Waals surface area contributed by atoms with Gasteiger partial charge in [0.2, 0.25) is 0 Å². The van der Waals surface area contributed by atoms with Crippen LogP contribution in [0.4, 0.5) is 26.3 Å². The molecule has 0 aliphatic rings. The molecule has 96 valence electrons. The topological polar surface area (TPSA) is 29.5 Å². The lowest BCUT2D eigenvalue weighted by Crippen LogP contribution is -2.12. The fraction of sp³-hybridized carbons (Fsp3) is 0.333. The number of benzene rings is 1. The first-order chi connectivity index (χ1) is 7.57. The molecule has 0 atom stereocenters. The Kier molecular flexibility index (Phi) is 3.17. The third-order valence-corrected chi connectivity index (χ3v) is 1.93. The number of phenolic OH excluding ortho intramolecular Hbond substituents is 1. The van der Waals surface area contributed by atoms with Crippen LogP contribution in [-0.4, -0.2) is 12.2 Å². The Labute approximate surface area is 91.4 Å². The molecule has 0 bridgehead atoms. The smallest absolute Gasteiger partial charge is 0.420 e. The van der Waals surface area contributed by atoms with Gasteiger partial charge >= 0.3 is 12.4 Å². The van der Waals surface area contributed by atoms with Gasteiger partial charge in [-0.2, -0.15) is 26.3 Å². The number of rotatable bonds is 1. The second-order valence-corrected chi connectivity index (χ2v) is 3.07. The van der Waals surface area contributed by atoms with Crippen molar-refractivity contribution < 1.29 is 36.2 Å². The van der Waals surface area contributed by atoms with Gasteiger partial charge in [0.25, 0.3) is 0 Å². The molecule has 0 spiro atoms. The van der Waals surface area contributed by atoms with Crippen molar-refractivity contribution in [2.45, 2.75) is 12.4 Å². The highest BCUT2D eigenvalue weighted by atomic mass is 19.4. The number of methoxy groups -OCH3 is 1. The van der Waals surface area contributed by atoms with E-state index in [9.17, 15) is 26.3 Å². The number of halogens is 6. The first-order valence-electron chi connectivity index (χ1n) is 4.12. The van der Waals surface area contributed by atoms with Gasteiger partial charge in [0, 0.05) is 0 Å². The quantitative estimate of drug-likeness (QED) is 0.784. The van der Waals surface area contributed by atoms with E-state index in [-0.39, 0.29) is 0 Å². The number of hydrogen-bond acceptors (Lipinski definition) is 2. The van der Waals surface area contributed by atoms with E-state index in [0.717, 1.165) is 7.11 Å². The fourth-order valence-corrected chi connectivity index (χ4v) is 1.16. The maximum atomic E-state index is 12.4. The summed E-state index contributed by atoms with van der Waals surface area (Å²) in [5.74, 6) is -2.49. The van der Waals surface area contributed by atoms with E-state index in [1.807, 2.05) is 0 Å². The van der Waals surface area contributed by atoms with E-state index in [1.54, 1.807) is 0 Å². The van der Waals surface area contributed by atoms with Gasteiger partial charge in [0.1, 0.15) is 22.6 Å². The van der Waals surface area contributed by atoms with Crippen LogP contribution in [0.2, 0.25) is 0 Å². The van der Waals surface area contributed by atoms with Gasteiger partial charge < -0.3 is 9.84 Å². The first-order valence-corrected chi connectivity index (χ1v) is 4.12. The second kappa shape index (κ2) is 4.01. The summed E-state index contributed by atoms with van der Waals surface area (Å²) in [6.45, 7) is 0. The zero-order valence-corrected chi connectivity index (χ0v) is 8.28. The Morgan fingerprint density at radius 3 is 1.53 bits per heavy atom. The molecule has 0 aliphatic carbocycles. The number of ether oxygens (including phenoxy) is 1. The molecule has 0 saturated carbocycles. The minimum absolute atomic E-state index is 0.296. The summed E-state index contributed by atoms with van der Waals surface area (Å²) < 4.78 is 78.4. The standard InChI is InChI=1S/C9H6F6O2/c1-17-4-2-5(8(10,11)12)7(16)6(3-4)9(13,14)15/h2-3,16H,1H3. The fourth-order valence-electron chi connectivity index (χ4n) is 1.16. The molecule has 0 saturated heterocycles. The summed E-state index contributed by atoms with van der Waals surface area (Å²) in [7, 11) is 0.923. The molecule has 0 aromatic heterocycles. The van der Waals surface area contributed by atoms with Crippen LogP contribution in [0.25, 0.3) is 0 Å². The van der Waals surface area contributed by atoms with Crippen LogP contribution in [0, 0.1) is 0 Å². The monoisotopic (exact) mass is 260 g/mol. The number of hydrogen-bond donors (Lipinski definition) is 1. The maximum absolute atomic E-state index is 12.4. The number of alkyl halides is 6. The lowest BCUT2D eigenvalue weighted by atomic mass is 10.1. The predicted molar refractivity (Wildman–Crippen MR) is 44.7 cm³/mol. The van der Waals surface area contributed by atoms with E-state index < -0.39 is 35.0 Å². The van der Waals surface area contributed by atoms with E-state index in [0.29, 0.717) is 12.1 Å². The Balaban J connectivity index is 3.53. The maximum Gasteiger partial charge on any atom is 0.420 e. The summed E-state index contributed by atoms with van der Waals surface area (Å²) in [6.07, 6.45) is -10.2. The Morgan fingerprint density at radius 2 is 1.29 bits per heavy atom. The minimum Gasteiger partial charge on any atom is -0.507 e. The van der Waals surface area contributed by atoms with Gasteiger partial charge in [-0.1, -0.05) is 0 Å². The predicted octanol–water partition coefficient (Wildman–Crippen LogP) is 3.44. The van der Waals surface area contributed by atoms with Crippen LogP contribution in [0.5, 0.6) is 11.5 Å². The highest BCUT2D eigenvalue weighted by molar-refractivity contribution is 5.49. The number of aromatic hydroxyl groups is 1. The van der Waals surface area contributed by atoms with Crippen molar-refractivity contribution in [2.75, 3.05) is 7.11 Å². The average molecular weight is 260 g/mol. The van der Waals surface area contributed by atoms with Gasteiger partial charge in [0.05, 0.1) is 7.11 Å². The van der Waals surface area contributed by atoms with Crippen molar-refractivity contribution in [3.05, 3.63) is 23.3 Å². The second-order valence-electron chi connectivity index (χ2n) is 3.07. The van der Waals surface area contributed by atoms with Gasteiger partial charge in [0.15, 0.2) is 0 Å². The van der Waals surface area contributed by atoms with Crippen molar-refractivity contribution in [3.8, 4) is 11.5 Å². The van der Waals surface area contributed by atoms with E-state index in [1.165, 1.54) is 0 Å². The Morgan fingerprint density at radius 1 is 0.941 bits per heavy atom. The summed E-state index contributed by atoms with van der Waals surface area (Å²) >= 11 is 0. The van der Waals surface area contributed by atoms with Crippen LogP contribution >= 0.6 is 0 Å². The van der Waals surface area contributed by atoms with Crippen molar-refractivity contribution in [1.29, 1.82) is 0 Å². The zero-order chi connectivity index (χ0) is 13.4. The largest absolute Gasteiger partial charge is 0.507 e. The minimum atomic E-state index is -5.10. The molecule has 2 nitrogen and oxygen atoms in total. The SMILES string of the molecule is COc1cc(C(F)(F)F)c(O)c(C(F)(F)F)c1. The van der Waals surface area contributed by atoms with Gasteiger partial charge in [-0.3, -0.25) is 0 Å². The molecule has 0 unspecified atom stereocenters. The van der Waals surface area contributed by atoms with Gasteiger partial charge in [-0.15, -0.1) is 0 Å². The van der Waals surface area contributed by atoms with Crippen molar-refractivity contribution in [2.24, 2.45) is 0 Å². The molecule has 0 amide bonds. The molecule has 1 N–H and O–H groups in total. The summed E-state index contributed by atoms with van der Waals surface area (Å²) in [4.78, 5) is 0. The lowest BCUT2D eigenvalue weighted by Gasteiger charge is -2.16. The summed E-state index contributed by atoms with van der Waals surface area (Å²) in [6, 6.07) is 0.592. The third-order valence-electron chi connectivity index (χ3n) is 1.93. The third kappa shape index (κ3) is 2.75. The van der Waals surface area contributed by atoms with Crippen LogP contribution in [0.15, 0.2) is 12.1 Å². The summed E-state index contributed by atoms with van der Waals surface area (Å²) in [5, 5.41) is 8.98. The van der Waals surface area contributed by atoms with E-state index >= 15 is 0 Å². The molecule has 1 aromatic carbocycles. The van der Waals surface area contributed by atoms with Crippen LogP contribution in [0.3, 0.4) is 0 Å². The Bertz CT molecular complexity index is 385. The molecule has 0 fully saturated rings. The molecular formula is C9H6F6O2. The average Bonchev–Trinajstić information content (AvgIpc) is 2.14. The van der Waals surface area contributed by atoms with Gasteiger partial charge in [-0.05, 0) is 12.1 Å². The highest BCUT2D eigenvalue weighted by Crippen LogP contribution is 2.45. The first kappa shape index (κ1) is 13.5. The van der Waals surface area contributed by atoms with Crippen LogP contribution in [-0.2, 0) is 12.4 Å². The molecule has 17 heavy (non-hydrogen) atoms. The molecule has 0 radical (unpaired) electrons. The molecule has 0 heterocycles. The van der Waals surface area contributed by atoms with E-state index in [2.05, 4.69) is 4.74 Å². The Hall–Kier alpha value is -1.60. The van der Waals surface area contributed by atoms with Crippen molar-refractivity contribution in [1.82, 2.24) is 0 Å². The summed E-state index contributed by atoms with van der Waals surface area (Å²) in [5.41, 5.74) is -3.58. The lowest BCUT2D eigenvalue weighted by molar-refractivity contribution is -0.145. The zero-order valence-electron chi connectivity index (χ0n) is 8.28. The molecule has 1 rings (SSSR count). The highest BCUT2D eigenvalue weighted by Gasteiger charge is 2.42. The molecule has 8 heteroatoms. The van der Waals surface area contributed by atoms with Gasteiger partial charge in [-0.25, -0.2) is 0 Å². The van der Waals surface area contributed by atoms with Crippen molar-refractivity contribution >= 4 is 0 Å². The van der Waals surface area contributed by atoms with Crippen molar-refractivity contribution in [3.63, 3.8) is 0 Å². The number of phenols is 1. The molecule has 1 aromatic rings. The molecule has 0 aliphatic heterocycles. The normalized spacial score (nSPS) is 12.6.